The van der Waals surface area contributed by atoms with Crippen LogP contribution in [0.4, 0.5) is 0 Å². The molecule has 10 aromatic rings. The van der Waals surface area contributed by atoms with Crippen molar-refractivity contribution in [1.82, 2.24) is 19.5 Å². The third-order valence-electron chi connectivity index (χ3n) is 10.9. The molecule has 264 valence electrons. The van der Waals surface area contributed by atoms with Crippen LogP contribution in [0.25, 0.3) is 100 Å². The molecule has 11 rings (SSSR count). The number of fused-ring (bicyclic) bond motifs is 6. The third-order valence-corrected chi connectivity index (χ3v) is 10.9. The van der Waals surface area contributed by atoms with Gasteiger partial charge in [-0.05, 0) is 77.1 Å². The minimum atomic E-state index is 0.612. The Balaban J connectivity index is 1.06. The summed E-state index contributed by atoms with van der Waals surface area (Å²) in [5.41, 5.74) is 12.7. The Morgan fingerprint density at radius 1 is 0.446 bits per heavy atom. The maximum atomic E-state index is 6.51. The first-order valence-electron chi connectivity index (χ1n) is 19.1. The van der Waals surface area contributed by atoms with Crippen LogP contribution in [-0.2, 0) is 0 Å². The van der Waals surface area contributed by atoms with E-state index in [0.29, 0.717) is 17.5 Å². The number of furan rings is 1. The van der Waals surface area contributed by atoms with Crippen molar-refractivity contribution in [2.24, 2.45) is 0 Å². The Morgan fingerprint density at radius 3 is 1.80 bits per heavy atom. The van der Waals surface area contributed by atoms with Gasteiger partial charge in [0.15, 0.2) is 17.5 Å². The summed E-state index contributed by atoms with van der Waals surface area (Å²) in [6.07, 6.45) is 6.29. The first kappa shape index (κ1) is 32.1. The van der Waals surface area contributed by atoms with Crippen LogP contribution in [-0.4, -0.2) is 19.5 Å². The van der Waals surface area contributed by atoms with Gasteiger partial charge in [0.25, 0.3) is 0 Å². The van der Waals surface area contributed by atoms with Crippen molar-refractivity contribution in [3.8, 4) is 45.0 Å². The molecule has 0 N–H and O–H groups in total. The van der Waals surface area contributed by atoms with Gasteiger partial charge in [0.1, 0.15) is 11.2 Å². The van der Waals surface area contributed by atoms with E-state index < -0.39 is 0 Å². The second kappa shape index (κ2) is 13.2. The van der Waals surface area contributed by atoms with Crippen LogP contribution in [0.5, 0.6) is 0 Å². The molecule has 0 saturated heterocycles. The summed E-state index contributed by atoms with van der Waals surface area (Å²) in [6.45, 7) is 0. The van der Waals surface area contributed by atoms with Crippen LogP contribution in [0.15, 0.2) is 186 Å². The van der Waals surface area contributed by atoms with E-state index in [1.165, 1.54) is 32.9 Å². The highest BCUT2D eigenvalue weighted by Gasteiger charge is 2.21. The summed E-state index contributed by atoms with van der Waals surface area (Å²) in [6, 6.07) is 59.2. The zero-order valence-corrected chi connectivity index (χ0v) is 30.4. The molecule has 7 aromatic carbocycles. The highest BCUT2D eigenvalue weighted by atomic mass is 16.3. The molecule has 0 unspecified atom stereocenters. The third kappa shape index (κ3) is 5.36. The van der Waals surface area contributed by atoms with Gasteiger partial charge in [-0.25, -0.2) is 15.0 Å². The average Bonchev–Trinajstić information content (AvgIpc) is 3.83. The van der Waals surface area contributed by atoms with Crippen molar-refractivity contribution >= 4 is 55.0 Å². The predicted molar refractivity (Wildman–Crippen MR) is 230 cm³/mol. The summed E-state index contributed by atoms with van der Waals surface area (Å²) in [7, 11) is 0. The molecular weight excluding hydrogens is 685 g/mol. The van der Waals surface area contributed by atoms with Crippen molar-refractivity contribution in [2.75, 3.05) is 0 Å². The SMILES string of the molecule is C1=C(c2nc(-c3ccccc3)nc(-c3ccc4c(c3)oc3cccc(-c5ccccc5)c34)n2)CCC=C1n1c2ccccc2c2c(-c3ccccc3)cccc21. The van der Waals surface area contributed by atoms with E-state index >= 15 is 0 Å². The molecule has 0 spiro atoms. The van der Waals surface area contributed by atoms with Crippen molar-refractivity contribution in [3.05, 3.63) is 188 Å². The Hall–Kier alpha value is -7.37. The number of hydrogen-bond acceptors (Lipinski definition) is 4. The second-order valence-corrected chi connectivity index (χ2v) is 14.3. The highest BCUT2D eigenvalue weighted by Crippen LogP contribution is 2.41. The van der Waals surface area contributed by atoms with Gasteiger partial charge in [-0.2, -0.15) is 0 Å². The van der Waals surface area contributed by atoms with Crippen LogP contribution < -0.4 is 0 Å². The lowest BCUT2D eigenvalue weighted by Crippen LogP contribution is -2.06. The number of para-hydroxylation sites is 1. The maximum absolute atomic E-state index is 6.51. The van der Waals surface area contributed by atoms with Gasteiger partial charge in [0.2, 0.25) is 0 Å². The summed E-state index contributed by atoms with van der Waals surface area (Å²) >= 11 is 0. The molecule has 3 heterocycles. The Kier molecular flexibility index (Phi) is 7.56. The molecule has 0 fully saturated rings. The topological polar surface area (TPSA) is 56.7 Å². The number of hydrogen-bond donors (Lipinski definition) is 0. The van der Waals surface area contributed by atoms with Crippen molar-refractivity contribution in [2.45, 2.75) is 12.8 Å². The molecule has 56 heavy (non-hydrogen) atoms. The molecular formula is C51H34N4O. The van der Waals surface area contributed by atoms with Crippen molar-refractivity contribution in [1.29, 1.82) is 0 Å². The molecule has 5 heteroatoms. The fourth-order valence-corrected chi connectivity index (χ4v) is 8.36. The van der Waals surface area contributed by atoms with Crippen LogP contribution in [0.2, 0.25) is 0 Å². The van der Waals surface area contributed by atoms with Crippen molar-refractivity contribution < 1.29 is 4.42 Å². The van der Waals surface area contributed by atoms with Gasteiger partial charge in [-0.15, -0.1) is 0 Å². The van der Waals surface area contributed by atoms with Crippen molar-refractivity contribution in [3.63, 3.8) is 0 Å². The van der Waals surface area contributed by atoms with Gasteiger partial charge in [0.05, 0.1) is 11.0 Å². The minimum Gasteiger partial charge on any atom is -0.456 e. The van der Waals surface area contributed by atoms with Crippen LogP contribution in [0.1, 0.15) is 18.7 Å². The van der Waals surface area contributed by atoms with Gasteiger partial charge >= 0.3 is 0 Å². The molecule has 0 atom stereocenters. The monoisotopic (exact) mass is 718 g/mol. The number of benzene rings is 7. The van der Waals surface area contributed by atoms with E-state index in [4.69, 9.17) is 19.4 Å². The lowest BCUT2D eigenvalue weighted by Gasteiger charge is -2.17. The number of aromatic nitrogens is 4. The quantitative estimate of drug-likeness (QED) is 0.172. The van der Waals surface area contributed by atoms with Crippen LogP contribution >= 0.6 is 0 Å². The zero-order chi connectivity index (χ0) is 37.0. The summed E-state index contributed by atoms with van der Waals surface area (Å²) < 4.78 is 8.91. The fraction of sp³-hybridized carbons (Fsp3) is 0.0392. The standard InChI is InChI=1S/C51H34N4O/c1-4-15-33(16-5-1)39-24-13-27-44-47(39)41-23-10-11-26-43(41)55(44)38-22-12-21-36(31-38)50-52-49(35-19-8-3-9-20-35)53-51(54-50)37-29-30-42-46(32-37)56-45-28-14-25-40(48(42)45)34-17-6-2-7-18-34/h1-11,13-20,22-32H,12,21H2. The fourth-order valence-electron chi connectivity index (χ4n) is 8.36. The largest absolute Gasteiger partial charge is 0.456 e. The Labute approximate surface area is 323 Å². The average molecular weight is 719 g/mol. The number of allylic oxidation sites excluding steroid dienone is 4. The first-order valence-corrected chi connectivity index (χ1v) is 19.1. The summed E-state index contributed by atoms with van der Waals surface area (Å²) in [5.74, 6) is 1.94. The maximum Gasteiger partial charge on any atom is 0.164 e. The second-order valence-electron chi connectivity index (χ2n) is 14.3. The van der Waals surface area contributed by atoms with E-state index in [0.717, 1.165) is 68.3 Å². The lowest BCUT2D eigenvalue weighted by atomic mass is 9.99. The van der Waals surface area contributed by atoms with E-state index in [1.807, 2.05) is 30.3 Å². The predicted octanol–water partition coefficient (Wildman–Crippen LogP) is 13.3. The molecule has 1 aliphatic carbocycles. The zero-order valence-electron chi connectivity index (χ0n) is 30.4. The number of nitrogens with zero attached hydrogens (tertiary/aromatic N) is 4. The van der Waals surface area contributed by atoms with Crippen LogP contribution in [0.3, 0.4) is 0 Å². The van der Waals surface area contributed by atoms with E-state index in [2.05, 4.69) is 156 Å². The smallest absolute Gasteiger partial charge is 0.164 e. The molecule has 0 amide bonds. The van der Waals surface area contributed by atoms with Gasteiger partial charge in [-0.3, -0.25) is 0 Å². The molecule has 0 radical (unpaired) electrons. The molecule has 1 aliphatic rings. The van der Waals surface area contributed by atoms with E-state index in [9.17, 15) is 0 Å². The highest BCUT2D eigenvalue weighted by molar-refractivity contribution is 6.17. The van der Waals surface area contributed by atoms with Crippen LogP contribution in [0, 0.1) is 0 Å². The summed E-state index contributed by atoms with van der Waals surface area (Å²) in [4.78, 5) is 15.4. The number of rotatable bonds is 6. The molecule has 5 nitrogen and oxygen atoms in total. The normalized spacial score (nSPS) is 13.1. The molecule has 0 bridgehead atoms. The Bertz CT molecular complexity index is 3170. The Morgan fingerprint density at radius 2 is 1.05 bits per heavy atom. The van der Waals surface area contributed by atoms with Gasteiger partial charge in [0, 0.05) is 38.4 Å². The summed E-state index contributed by atoms with van der Waals surface area (Å²) in [5, 5.41) is 4.65. The van der Waals surface area contributed by atoms with Gasteiger partial charge in [-0.1, -0.05) is 146 Å². The lowest BCUT2D eigenvalue weighted by molar-refractivity contribution is 0.669. The molecule has 0 aliphatic heterocycles. The van der Waals surface area contributed by atoms with Gasteiger partial charge < -0.3 is 8.98 Å². The minimum absolute atomic E-state index is 0.612. The molecule has 3 aromatic heterocycles. The molecule has 0 saturated carbocycles. The van der Waals surface area contributed by atoms with E-state index in [1.54, 1.807) is 0 Å². The first-order chi connectivity index (χ1) is 27.8. The van der Waals surface area contributed by atoms with E-state index in [-0.39, 0.29) is 0 Å².